The molecule has 3 rings (SSSR count). The normalized spacial score (nSPS) is 30.8. The Kier molecular flexibility index (Phi) is 3.90. The molecule has 1 atom stereocenters. The van der Waals surface area contributed by atoms with Crippen molar-refractivity contribution in [1.82, 2.24) is 5.32 Å². The van der Waals surface area contributed by atoms with Crippen LogP contribution in [0, 0.1) is 12.3 Å². The number of hydrogen-bond donors (Lipinski definition) is 1. The Labute approximate surface area is 139 Å². The summed E-state index contributed by atoms with van der Waals surface area (Å²) in [6.45, 7) is 11.2. The Hall–Kier alpha value is -0.910. The van der Waals surface area contributed by atoms with Crippen LogP contribution < -0.4 is 5.32 Å². The molecule has 128 valence electrons. The second-order valence-corrected chi connectivity index (χ2v) is 9.84. The van der Waals surface area contributed by atoms with Crippen molar-refractivity contribution in [2.75, 3.05) is 6.54 Å². The predicted molar refractivity (Wildman–Crippen MR) is 91.1 cm³/mol. The molecule has 2 fully saturated rings. The maximum Gasteiger partial charge on any atom is 0.297 e. The molecule has 1 aliphatic carbocycles. The second kappa shape index (κ2) is 5.30. The zero-order valence-electron chi connectivity index (χ0n) is 14.6. The molecule has 0 amide bonds. The van der Waals surface area contributed by atoms with Crippen LogP contribution >= 0.6 is 0 Å². The standard InChI is InChI=1S/C18H27NO3S/c1-12-6-7-16(15(8-12)17(3,4)5)23(20,21)22-14-9-18(10-14)11-19-13(18)2/h6-8,13-14,19H,9-11H2,1-5H3. The van der Waals surface area contributed by atoms with Crippen molar-refractivity contribution >= 4 is 10.1 Å². The summed E-state index contributed by atoms with van der Waals surface area (Å²) < 4.78 is 31.1. The molecule has 1 aliphatic heterocycles. The minimum absolute atomic E-state index is 0.182. The molecule has 0 bridgehead atoms. The number of hydrogen-bond acceptors (Lipinski definition) is 4. The average Bonchev–Trinajstić information content (AvgIpc) is 2.39. The number of benzene rings is 1. The minimum Gasteiger partial charge on any atom is -0.313 e. The van der Waals surface area contributed by atoms with Gasteiger partial charge in [-0.15, -0.1) is 0 Å². The van der Waals surface area contributed by atoms with Crippen LogP contribution in [-0.4, -0.2) is 27.1 Å². The molecule has 1 N–H and O–H groups in total. The molecule has 0 aromatic heterocycles. The van der Waals surface area contributed by atoms with Gasteiger partial charge in [0.2, 0.25) is 0 Å². The molecular formula is C18H27NO3S. The molecule has 1 spiro atoms. The summed E-state index contributed by atoms with van der Waals surface area (Å²) in [5, 5.41) is 3.35. The van der Waals surface area contributed by atoms with E-state index in [-0.39, 0.29) is 16.9 Å². The molecule has 1 heterocycles. The number of aryl methyl sites for hydroxylation is 1. The molecule has 5 heteroatoms. The molecule has 23 heavy (non-hydrogen) atoms. The van der Waals surface area contributed by atoms with Crippen molar-refractivity contribution < 1.29 is 12.6 Å². The van der Waals surface area contributed by atoms with Gasteiger partial charge in [-0.3, -0.25) is 4.18 Å². The van der Waals surface area contributed by atoms with Gasteiger partial charge in [0.1, 0.15) is 0 Å². The Morgan fingerprint density at radius 2 is 1.91 bits per heavy atom. The van der Waals surface area contributed by atoms with Gasteiger partial charge in [0.05, 0.1) is 11.0 Å². The van der Waals surface area contributed by atoms with Gasteiger partial charge in [0.15, 0.2) is 0 Å². The molecule has 4 nitrogen and oxygen atoms in total. The lowest BCUT2D eigenvalue weighted by molar-refractivity contribution is -0.0790. The van der Waals surface area contributed by atoms with E-state index in [4.69, 9.17) is 4.18 Å². The smallest absolute Gasteiger partial charge is 0.297 e. The van der Waals surface area contributed by atoms with Gasteiger partial charge >= 0.3 is 0 Å². The predicted octanol–water partition coefficient (Wildman–Crippen LogP) is 3.14. The fourth-order valence-corrected chi connectivity index (χ4v) is 5.15. The highest BCUT2D eigenvalue weighted by Crippen LogP contribution is 2.50. The van der Waals surface area contributed by atoms with Crippen LogP contribution in [0.3, 0.4) is 0 Å². The summed E-state index contributed by atoms with van der Waals surface area (Å²) in [7, 11) is -3.72. The van der Waals surface area contributed by atoms with Crippen LogP contribution in [0.2, 0.25) is 0 Å². The third kappa shape index (κ3) is 2.94. The fourth-order valence-electron chi connectivity index (χ4n) is 3.69. The van der Waals surface area contributed by atoms with Gasteiger partial charge in [0, 0.05) is 18.0 Å². The van der Waals surface area contributed by atoms with Crippen molar-refractivity contribution in [3.8, 4) is 0 Å². The first-order valence-corrected chi connectivity index (χ1v) is 9.72. The van der Waals surface area contributed by atoms with E-state index in [0.29, 0.717) is 10.9 Å². The van der Waals surface area contributed by atoms with Crippen LogP contribution in [-0.2, 0) is 19.7 Å². The Balaban J connectivity index is 1.81. The van der Waals surface area contributed by atoms with E-state index < -0.39 is 10.1 Å². The van der Waals surface area contributed by atoms with Crippen molar-refractivity contribution in [2.45, 2.75) is 69.9 Å². The lowest BCUT2D eigenvalue weighted by Gasteiger charge is -2.58. The second-order valence-electron chi connectivity index (χ2n) is 8.30. The highest BCUT2D eigenvalue weighted by atomic mass is 32.2. The molecule has 0 radical (unpaired) electrons. The summed E-state index contributed by atoms with van der Waals surface area (Å²) in [5.74, 6) is 0. The molecule has 1 aromatic carbocycles. The zero-order valence-corrected chi connectivity index (χ0v) is 15.5. The third-order valence-electron chi connectivity index (χ3n) is 5.42. The van der Waals surface area contributed by atoms with Gasteiger partial charge in [-0.2, -0.15) is 8.42 Å². The van der Waals surface area contributed by atoms with Gasteiger partial charge in [0.25, 0.3) is 10.1 Å². The topological polar surface area (TPSA) is 55.4 Å². The zero-order chi connectivity index (χ0) is 17.0. The maximum atomic E-state index is 12.8. The highest BCUT2D eigenvalue weighted by molar-refractivity contribution is 7.86. The molecular weight excluding hydrogens is 310 g/mol. The largest absolute Gasteiger partial charge is 0.313 e. The van der Waals surface area contributed by atoms with E-state index in [1.54, 1.807) is 6.07 Å². The van der Waals surface area contributed by atoms with Gasteiger partial charge in [-0.05, 0) is 43.7 Å². The third-order valence-corrected chi connectivity index (χ3v) is 6.84. The Morgan fingerprint density at radius 3 is 2.39 bits per heavy atom. The van der Waals surface area contributed by atoms with E-state index in [1.165, 1.54) is 0 Å². The van der Waals surface area contributed by atoms with Crippen LogP contribution in [0.25, 0.3) is 0 Å². The molecule has 1 saturated carbocycles. The van der Waals surface area contributed by atoms with Crippen LogP contribution in [0.4, 0.5) is 0 Å². The summed E-state index contributed by atoms with van der Waals surface area (Å²) in [6, 6.07) is 5.95. The first kappa shape index (κ1) is 16.9. The average molecular weight is 337 g/mol. The molecule has 2 aliphatic rings. The fraction of sp³-hybridized carbons (Fsp3) is 0.667. The van der Waals surface area contributed by atoms with Gasteiger partial charge in [-0.25, -0.2) is 0 Å². The van der Waals surface area contributed by atoms with Crippen LogP contribution in [0.15, 0.2) is 23.1 Å². The Morgan fingerprint density at radius 1 is 1.26 bits per heavy atom. The van der Waals surface area contributed by atoms with E-state index in [9.17, 15) is 8.42 Å². The van der Waals surface area contributed by atoms with Crippen molar-refractivity contribution in [3.63, 3.8) is 0 Å². The number of nitrogens with one attached hydrogen (secondary N) is 1. The van der Waals surface area contributed by atoms with Gasteiger partial charge in [-0.1, -0.05) is 38.5 Å². The summed E-state index contributed by atoms with van der Waals surface area (Å²) in [6.07, 6.45) is 1.48. The first-order chi connectivity index (χ1) is 10.5. The summed E-state index contributed by atoms with van der Waals surface area (Å²) >= 11 is 0. The Bertz CT molecular complexity index is 712. The van der Waals surface area contributed by atoms with E-state index >= 15 is 0 Å². The summed E-state index contributed by atoms with van der Waals surface area (Å²) in [4.78, 5) is 0.316. The van der Waals surface area contributed by atoms with Crippen LogP contribution in [0.1, 0.15) is 51.7 Å². The van der Waals surface area contributed by atoms with E-state index in [0.717, 1.165) is 30.5 Å². The van der Waals surface area contributed by atoms with E-state index in [2.05, 4.69) is 12.2 Å². The molecule has 1 saturated heterocycles. The quantitative estimate of drug-likeness (QED) is 0.861. The number of rotatable bonds is 3. The lowest BCUT2D eigenvalue weighted by atomic mass is 9.58. The maximum absolute atomic E-state index is 12.8. The first-order valence-electron chi connectivity index (χ1n) is 8.31. The summed E-state index contributed by atoms with van der Waals surface area (Å²) in [5.41, 5.74) is 1.90. The van der Waals surface area contributed by atoms with Crippen LogP contribution in [0.5, 0.6) is 0 Å². The highest BCUT2D eigenvalue weighted by Gasteiger charge is 2.55. The van der Waals surface area contributed by atoms with Crippen molar-refractivity contribution in [3.05, 3.63) is 29.3 Å². The molecule has 1 unspecified atom stereocenters. The minimum atomic E-state index is -3.72. The molecule has 1 aromatic rings. The van der Waals surface area contributed by atoms with Crippen molar-refractivity contribution in [1.29, 1.82) is 0 Å². The van der Waals surface area contributed by atoms with E-state index in [1.807, 2.05) is 39.8 Å². The SMILES string of the molecule is Cc1ccc(S(=O)(=O)OC2CC3(CNC3C)C2)c(C(C)(C)C)c1. The van der Waals surface area contributed by atoms with Gasteiger partial charge < -0.3 is 5.32 Å². The van der Waals surface area contributed by atoms with Crippen molar-refractivity contribution in [2.24, 2.45) is 5.41 Å². The lowest BCUT2D eigenvalue weighted by Crippen LogP contribution is -2.68. The monoisotopic (exact) mass is 337 g/mol.